The molecule has 0 saturated heterocycles. The van der Waals surface area contributed by atoms with E-state index < -0.39 is 36.0 Å². The molecule has 31 heavy (non-hydrogen) atoms. The van der Waals surface area contributed by atoms with Gasteiger partial charge in [0.15, 0.2) is 5.69 Å². The molecule has 2 rings (SSSR count). The predicted octanol–water partition coefficient (Wildman–Crippen LogP) is 0.565. The third kappa shape index (κ3) is 6.75. The number of aldehydes is 1. The van der Waals surface area contributed by atoms with Crippen molar-refractivity contribution >= 4 is 24.1 Å². The summed E-state index contributed by atoms with van der Waals surface area (Å²) < 4.78 is 9.59. The normalized spacial score (nSPS) is 13.5. The van der Waals surface area contributed by atoms with Crippen molar-refractivity contribution in [3.05, 3.63) is 52.9 Å². The van der Waals surface area contributed by atoms with Crippen LogP contribution in [0.3, 0.4) is 0 Å². The van der Waals surface area contributed by atoms with Gasteiger partial charge in [-0.25, -0.2) is 4.79 Å². The molecule has 1 aromatic heterocycles. The van der Waals surface area contributed by atoms with Crippen molar-refractivity contribution in [3.63, 3.8) is 0 Å². The van der Waals surface area contributed by atoms with Gasteiger partial charge in [0.1, 0.15) is 24.1 Å². The van der Waals surface area contributed by atoms with Gasteiger partial charge in [-0.05, 0) is 38.3 Å². The van der Waals surface area contributed by atoms with Crippen LogP contribution in [0.2, 0.25) is 0 Å². The van der Waals surface area contributed by atoms with Gasteiger partial charge >= 0.3 is 5.97 Å². The molecule has 0 saturated carbocycles. The average molecular weight is 431 g/mol. The van der Waals surface area contributed by atoms with Gasteiger partial charge in [0, 0.05) is 11.6 Å². The first-order valence-electron chi connectivity index (χ1n) is 9.59. The lowest BCUT2D eigenvalue weighted by atomic mass is 10.0. The summed E-state index contributed by atoms with van der Waals surface area (Å²) in [5.41, 5.74) is 1.25. The Balaban J connectivity index is 2.07. The highest BCUT2D eigenvalue weighted by molar-refractivity contribution is 5.97. The van der Waals surface area contributed by atoms with Gasteiger partial charge in [-0.3, -0.25) is 14.4 Å². The number of esters is 1. The Hall–Kier alpha value is -3.53. The van der Waals surface area contributed by atoms with Crippen molar-refractivity contribution in [2.45, 2.75) is 44.9 Å². The van der Waals surface area contributed by atoms with E-state index in [1.165, 1.54) is 20.1 Å². The number of aromatic nitrogens is 1. The number of rotatable bonds is 10. The third-order valence-electron chi connectivity index (χ3n) is 4.52. The Bertz CT molecular complexity index is 939. The summed E-state index contributed by atoms with van der Waals surface area (Å²) in [5, 5.41) is 18.4. The highest BCUT2D eigenvalue weighted by atomic mass is 16.5. The molecule has 0 radical (unpaired) electrons. The molecule has 0 aliphatic rings. The number of aryl methyl sites for hydroxylation is 2. The zero-order chi connectivity index (χ0) is 23.0. The fraction of sp³-hybridized carbons (Fsp3) is 0.381. The average Bonchev–Trinajstić information content (AvgIpc) is 3.20. The number of aliphatic hydroxyl groups excluding tert-OH is 1. The number of methoxy groups -OCH3 is 1. The first-order chi connectivity index (χ1) is 14.7. The highest BCUT2D eigenvalue weighted by Crippen LogP contribution is 2.10. The molecule has 10 nitrogen and oxygen atoms in total. The molecule has 0 aliphatic carbocycles. The highest BCUT2D eigenvalue weighted by Gasteiger charge is 2.31. The monoisotopic (exact) mass is 431 g/mol. The second-order valence-corrected chi connectivity index (χ2v) is 7.00. The fourth-order valence-electron chi connectivity index (χ4n) is 2.88. The predicted molar refractivity (Wildman–Crippen MR) is 108 cm³/mol. The van der Waals surface area contributed by atoms with Gasteiger partial charge in [0.2, 0.25) is 5.91 Å². The van der Waals surface area contributed by atoms with Crippen molar-refractivity contribution < 1.29 is 33.5 Å². The number of carbonyl (C=O) groups is 4. The lowest BCUT2D eigenvalue weighted by Crippen LogP contribution is -2.56. The van der Waals surface area contributed by atoms with Crippen molar-refractivity contribution in [2.75, 3.05) is 7.11 Å². The number of nitrogens with zero attached hydrogens (tertiary/aromatic N) is 1. The van der Waals surface area contributed by atoms with Crippen LogP contribution in [-0.4, -0.2) is 59.6 Å². The van der Waals surface area contributed by atoms with E-state index in [4.69, 9.17) is 9.26 Å². The zero-order valence-electron chi connectivity index (χ0n) is 17.5. The number of aliphatic hydroxyl groups is 1. The van der Waals surface area contributed by atoms with Crippen LogP contribution in [0.5, 0.6) is 0 Å². The van der Waals surface area contributed by atoms with Gasteiger partial charge < -0.3 is 25.0 Å². The molecule has 0 bridgehead atoms. The van der Waals surface area contributed by atoms with E-state index in [-0.39, 0.29) is 12.1 Å². The number of hydrogen-bond donors (Lipinski definition) is 3. The van der Waals surface area contributed by atoms with E-state index in [2.05, 4.69) is 15.8 Å². The van der Waals surface area contributed by atoms with Crippen molar-refractivity contribution in [2.24, 2.45) is 0 Å². The second-order valence-electron chi connectivity index (χ2n) is 7.00. The maximum Gasteiger partial charge on any atom is 0.328 e. The molecular weight excluding hydrogens is 406 g/mol. The number of carbonyl (C=O) groups excluding carboxylic acids is 4. The number of benzene rings is 1. The van der Waals surface area contributed by atoms with E-state index in [9.17, 15) is 24.3 Å². The fourth-order valence-corrected chi connectivity index (χ4v) is 2.88. The second kappa shape index (κ2) is 11.0. The number of ether oxygens (including phenoxy) is 1. The molecular formula is C21H25N3O7. The summed E-state index contributed by atoms with van der Waals surface area (Å²) >= 11 is 0. The van der Waals surface area contributed by atoms with Gasteiger partial charge in [-0.1, -0.05) is 23.4 Å². The van der Waals surface area contributed by atoms with E-state index in [0.29, 0.717) is 17.7 Å². The molecule has 166 valence electrons. The standard InChI is InChI=1S/C21H25N3O7/c1-12-9-17(24-31-12)19(27)23-18(13(2)26)20(28)22-16(21(29)30-3)8-7-14-5-4-6-15(10-14)11-25/h4-6,9-11,13,16,18,26H,7-8H2,1-3H3,(H,22,28)(H,23,27)/t13-,16+,18+/m1/s1. The molecule has 0 fully saturated rings. The molecule has 0 aliphatic heterocycles. The number of amides is 2. The third-order valence-corrected chi connectivity index (χ3v) is 4.52. The molecule has 1 aromatic carbocycles. The smallest absolute Gasteiger partial charge is 0.328 e. The quantitative estimate of drug-likeness (QED) is 0.365. The minimum Gasteiger partial charge on any atom is -0.467 e. The minimum absolute atomic E-state index is 0.0458. The Morgan fingerprint density at radius 2 is 2.00 bits per heavy atom. The largest absolute Gasteiger partial charge is 0.467 e. The van der Waals surface area contributed by atoms with Crippen LogP contribution in [0.25, 0.3) is 0 Å². The van der Waals surface area contributed by atoms with Gasteiger partial charge in [-0.2, -0.15) is 0 Å². The summed E-state index contributed by atoms with van der Waals surface area (Å²) in [6.45, 7) is 2.94. The molecule has 2 aromatic rings. The summed E-state index contributed by atoms with van der Waals surface area (Å²) in [4.78, 5) is 48.1. The van der Waals surface area contributed by atoms with Crippen LogP contribution in [0, 0.1) is 6.92 Å². The van der Waals surface area contributed by atoms with E-state index >= 15 is 0 Å². The van der Waals surface area contributed by atoms with Crippen LogP contribution in [0.4, 0.5) is 0 Å². The molecule has 0 unspecified atom stereocenters. The maximum atomic E-state index is 12.7. The Morgan fingerprint density at radius 3 is 2.58 bits per heavy atom. The van der Waals surface area contributed by atoms with Gasteiger partial charge in [0.25, 0.3) is 5.91 Å². The maximum absolute atomic E-state index is 12.7. The molecule has 0 spiro atoms. The Morgan fingerprint density at radius 1 is 1.26 bits per heavy atom. The van der Waals surface area contributed by atoms with Crippen molar-refractivity contribution in [1.29, 1.82) is 0 Å². The first-order valence-corrected chi connectivity index (χ1v) is 9.59. The zero-order valence-corrected chi connectivity index (χ0v) is 17.5. The molecule has 1 heterocycles. The van der Waals surface area contributed by atoms with E-state index in [1.54, 1.807) is 31.2 Å². The molecule has 10 heteroatoms. The summed E-state index contributed by atoms with van der Waals surface area (Å²) in [5.74, 6) is -1.74. The summed E-state index contributed by atoms with van der Waals surface area (Å²) in [6.07, 6.45) is 0.0320. The van der Waals surface area contributed by atoms with Crippen molar-refractivity contribution in [3.8, 4) is 0 Å². The van der Waals surface area contributed by atoms with Gasteiger partial charge in [-0.15, -0.1) is 0 Å². The van der Waals surface area contributed by atoms with Crippen LogP contribution in [0.15, 0.2) is 34.9 Å². The Labute approximate surface area is 178 Å². The Kier molecular flexibility index (Phi) is 8.44. The molecule has 3 atom stereocenters. The molecule has 3 N–H and O–H groups in total. The molecule has 2 amide bonds. The van der Waals surface area contributed by atoms with Gasteiger partial charge in [0.05, 0.1) is 13.2 Å². The topological polar surface area (TPSA) is 148 Å². The number of nitrogens with one attached hydrogen (secondary N) is 2. The summed E-state index contributed by atoms with van der Waals surface area (Å²) in [6, 6.07) is 5.87. The number of hydrogen-bond acceptors (Lipinski definition) is 8. The SMILES string of the molecule is COC(=O)[C@H](CCc1cccc(C=O)c1)NC(=O)[C@@H](NC(=O)c1cc(C)on1)[C@@H](C)O. The summed E-state index contributed by atoms with van der Waals surface area (Å²) in [7, 11) is 1.19. The van der Waals surface area contributed by atoms with Crippen LogP contribution in [-0.2, 0) is 20.7 Å². The lowest BCUT2D eigenvalue weighted by molar-refractivity contribution is -0.145. The van der Waals surface area contributed by atoms with Crippen LogP contribution < -0.4 is 10.6 Å². The van der Waals surface area contributed by atoms with Crippen LogP contribution in [0.1, 0.15) is 45.5 Å². The van der Waals surface area contributed by atoms with E-state index in [0.717, 1.165) is 11.8 Å². The van der Waals surface area contributed by atoms with E-state index in [1.807, 2.05) is 0 Å². The van der Waals surface area contributed by atoms with Crippen LogP contribution >= 0.6 is 0 Å². The minimum atomic E-state index is -1.34. The first kappa shape index (κ1) is 23.7. The lowest BCUT2D eigenvalue weighted by Gasteiger charge is -2.23. The van der Waals surface area contributed by atoms with Crippen molar-refractivity contribution in [1.82, 2.24) is 15.8 Å².